The molecule has 0 unspecified atom stereocenters. The van der Waals surface area contributed by atoms with Crippen molar-refractivity contribution in [3.63, 3.8) is 0 Å². The van der Waals surface area contributed by atoms with Gasteiger partial charge >= 0.3 is 6.03 Å². The number of halogens is 1. The van der Waals surface area contributed by atoms with Crippen molar-refractivity contribution in [1.82, 2.24) is 10.2 Å². The number of rotatable bonds is 2. The number of nitrogens with two attached hydrogens (primary N) is 1. The van der Waals surface area contributed by atoms with Gasteiger partial charge in [0.15, 0.2) is 0 Å². The van der Waals surface area contributed by atoms with Crippen LogP contribution in [-0.4, -0.2) is 28.1 Å². The van der Waals surface area contributed by atoms with Gasteiger partial charge in [-0.15, -0.1) is 0 Å². The number of nitrogens with zero attached hydrogens (tertiary/aromatic N) is 1. The van der Waals surface area contributed by atoms with Crippen LogP contribution < -0.4 is 11.1 Å². The van der Waals surface area contributed by atoms with E-state index < -0.39 is 0 Å². The van der Waals surface area contributed by atoms with Gasteiger partial charge in [-0.1, -0.05) is 23.7 Å². The zero-order valence-electron chi connectivity index (χ0n) is 13.8. The van der Waals surface area contributed by atoms with Crippen LogP contribution in [0.15, 0.2) is 24.3 Å². The van der Waals surface area contributed by atoms with E-state index in [2.05, 4.69) is 33.0 Å². The van der Waals surface area contributed by atoms with Gasteiger partial charge in [0, 0.05) is 28.7 Å². The molecule has 4 nitrogen and oxygen atoms in total. The molecule has 22 heavy (non-hydrogen) atoms. The molecule has 5 heteroatoms. The van der Waals surface area contributed by atoms with Crippen molar-refractivity contribution in [2.45, 2.75) is 64.2 Å². The summed E-state index contributed by atoms with van der Waals surface area (Å²) in [5.74, 6) is 0. The van der Waals surface area contributed by atoms with Crippen LogP contribution in [0, 0.1) is 0 Å². The first-order valence-electron chi connectivity index (χ1n) is 7.70. The second-order valence-electron chi connectivity index (χ2n) is 7.42. The Morgan fingerprint density at radius 3 is 2.45 bits per heavy atom. The van der Waals surface area contributed by atoms with Crippen LogP contribution in [0.4, 0.5) is 4.79 Å². The lowest BCUT2D eigenvalue weighted by Crippen LogP contribution is -2.66. The summed E-state index contributed by atoms with van der Waals surface area (Å²) >= 11 is 5.98. The molecule has 0 atom stereocenters. The first-order valence-corrected chi connectivity index (χ1v) is 8.08. The van der Waals surface area contributed by atoms with Gasteiger partial charge < -0.3 is 16.0 Å². The molecule has 0 aliphatic carbocycles. The van der Waals surface area contributed by atoms with E-state index in [1.807, 2.05) is 29.2 Å². The standard InChI is InChI=1S/C17H26ClN3O/c1-16(2)9-14(19)10-17(3,4)21(16)15(22)20-11-12-6-5-7-13(18)8-12/h5-8,14H,9-11,19H2,1-4H3,(H,20,22). The Labute approximate surface area is 138 Å². The Hall–Kier alpha value is -1.26. The van der Waals surface area contributed by atoms with Crippen LogP contribution in [0.1, 0.15) is 46.1 Å². The predicted octanol–water partition coefficient (Wildman–Crippen LogP) is 3.53. The summed E-state index contributed by atoms with van der Waals surface area (Å²) < 4.78 is 0. The van der Waals surface area contributed by atoms with E-state index in [4.69, 9.17) is 17.3 Å². The molecular formula is C17H26ClN3O. The minimum atomic E-state index is -0.264. The Balaban J connectivity index is 2.10. The minimum Gasteiger partial charge on any atom is -0.334 e. The van der Waals surface area contributed by atoms with Gasteiger partial charge in [-0.25, -0.2) is 4.79 Å². The fraction of sp³-hybridized carbons (Fsp3) is 0.588. The Morgan fingerprint density at radius 1 is 1.32 bits per heavy atom. The van der Waals surface area contributed by atoms with Crippen molar-refractivity contribution in [3.05, 3.63) is 34.9 Å². The number of benzene rings is 1. The average molecular weight is 324 g/mol. The Morgan fingerprint density at radius 2 is 1.91 bits per heavy atom. The van der Waals surface area contributed by atoms with Crippen LogP contribution in [0.25, 0.3) is 0 Å². The van der Waals surface area contributed by atoms with Crippen LogP contribution in [-0.2, 0) is 6.54 Å². The number of likely N-dealkylation sites (tertiary alicyclic amines) is 1. The molecule has 0 aromatic heterocycles. The first kappa shape index (κ1) is 17.1. The van der Waals surface area contributed by atoms with Gasteiger partial charge in [0.2, 0.25) is 0 Å². The van der Waals surface area contributed by atoms with Crippen molar-refractivity contribution < 1.29 is 4.79 Å². The third-order valence-corrected chi connectivity index (χ3v) is 4.51. The van der Waals surface area contributed by atoms with Gasteiger partial charge in [0.05, 0.1) is 0 Å². The van der Waals surface area contributed by atoms with E-state index in [1.54, 1.807) is 0 Å². The lowest BCUT2D eigenvalue weighted by molar-refractivity contribution is 0.00299. The molecule has 0 bridgehead atoms. The molecule has 1 fully saturated rings. The highest BCUT2D eigenvalue weighted by atomic mass is 35.5. The maximum Gasteiger partial charge on any atom is 0.318 e. The van der Waals surface area contributed by atoms with Gasteiger partial charge in [0.1, 0.15) is 0 Å². The monoisotopic (exact) mass is 323 g/mol. The molecule has 1 aliphatic rings. The summed E-state index contributed by atoms with van der Waals surface area (Å²) in [4.78, 5) is 14.7. The smallest absolute Gasteiger partial charge is 0.318 e. The van der Waals surface area contributed by atoms with Gasteiger partial charge in [-0.3, -0.25) is 0 Å². The van der Waals surface area contributed by atoms with Crippen LogP contribution in [0.3, 0.4) is 0 Å². The lowest BCUT2D eigenvalue weighted by atomic mass is 9.77. The fourth-order valence-electron chi connectivity index (χ4n) is 3.81. The number of hydrogen-bond donors (Lipinski definition) is 2. The fourth-order valence-corrected chi connectivity index (χ4v) is 4.02. The second-order valence-corrected chi connectivity index (χ2v) is 7.85. The first-order chi connectivity index (χ1) is 10.1. The quantitative estimate of drug-likeness (QED) is 0.874. The van der Waals surface area contributed by atoms with Crippen molar-refractivity contribution in [2.24, 2.45) is 5.73 Å². The number of carbonyl (C=O) groups excluding carboxylic acids is 1. The number of nitrogens with one attached hydrogen (secondary N) is 1. The molecule has 122 valence electrons. The van der Waals surface area contributed by atoms with E-state index in [0.717, 1.165) is 18.4 Å². The van der Waals surface area contributed by atoms with Crippen molar-refractivity contribution in [1.29, 1.82) is 0 Å². The summed E-state index contributed by atoms with van der Waals surface area (Å²) in [5, 5.41) is 3.69. The van der Waals surface area contributed by atoms with E-state index in [9.17, 15) is 4.79 Å². The SMILES string of the molecule is CC1(C)CC(N)CC(C)(C)N1C(=O)NCc1cccc(Cl)c1. The zero-order chi connectivity index (χ0) is 16.5. The lowest BCUT2D eigenvalue weighted by Gasteiger charge is -2.54. The molecule has 2 amide bonds. The van der Waals surface area contributed by atoms with E-state index in [-0.39, 0.29) is 23.2 Å². The van der Waals surface area contributed by atoms with Crippen molar-refractivity contribution in [2.75, 3.05) is 0 Å². The number of carbonyl (C=O) groups is 1. The normalized spacial score (nSPS) is 20.7. The van der Waals surface area contributed by atoms with Gasteiger partial charge in [-0.2, -0.15) is 0 Å². The van der Waals surface area contributed by atoms with Crippen molar-refractivity contribution in [3.8, 4) is 0 Å². The third-order valence-electron chi connectivity index (χ3n) is 4.27. The number of amides is 2. The summed E-state index contributed by atoms with van der Waals surface area (Å²) in [6.45, 7) is 8.77. The minimum absolute atomic E-state index is 0.0538. The molecule has 1 saturated heterocycles. The van der Waals surface area contributed by atoms with Crippen LogP contribution in [0.2, 0.25) is 5.02 Å². The summed E-state index contributed by atoms with van der Waals surface area (Å²) in [6, 6.07) is 7.60. The number of hydrogen-bond acceptors (Lipinski definition) is 2. The molecule has 1 aromatic carbocycles. The van der Waals surface area contributed by atoms with Gasteiger partial charge in [-0.05, 0) is 58.2 Å². The van der Waals surface area contributed by atoms with E-state index in [0.29, 0.717) is 11.6 Å². The number of piperidine rings is 1. The van der Waals surface area contributed by atoms with E-state index in [1.165, 1.54) is 0 Å². The second kappa shape index (κ2) is 6.09. The summed E-state index contributed by atoms with van der Waals surface area (Å²) in [5.41, 5.74) is 6.62. The molecule has 2 rings (SSSR count). The largest absolute Gasteiger partial charge is 0.334 e. The predicted molar refractivity (Wildman–Crippen MR) is 90.9 cm³/mol. The molecule has 3 N–H and O–H groups in total. The highest BCUT2D eigenvalue weighted by molar-refractivity contribution is 6.30. The van der Waals surface area contributed by atoms with Crippen LogP contribution >= 0.6 is 11.6 Å². The Kier molecular flexibility index (Phi) is 4.73. The molecule has 0 radical (unpaired) electrons. The molecule has 0 saturated carbocycles. The maximum atomic E-state index is 12.7. The van der Waals surface area contributed by atoms with Crippen LogP contribution in [0.5, 0.6) is 0 Å². The zero-order valence-corrected chi connectivity index (χ0v) is 14.6. The topological polar surface area (TPSA) is 58.4 Å². The van der Waals surface area contributed by atoms with E-state index >= 15 is 0 Å². The highest BCUT2D eigenvalue weighted by Gasteiger charge is 2.46. The molecule has 1 aliphatic heterocycles. The third kappa shape index (κ3) is 3.73. The number of urea groups is 1. The molecular weight excluding hydrogens is 298 g/mol. The molecule has 1 aromatic rings. The summed E-state index contributed by atoms with van der Waals surface area (Å²) in [6.07, 6.45) is 1.61. The average Bonchev–Trinajstić information content (AvgIpc) is 2.32. The summed E-state index contributed by atoms with van der Waals surface area (Å²) in [7, 11) is 0. The highest BCUT2D eigenvalue weighted by Crippen LogP contribution is 2.37. The van der Waals surface area contributed by atoms with Crippen molar-refractivity contribution >= 4 is 17.6 Å². The van der Waals surface area contributed by atoms with Gasteiger partial charge in [0.25, 0.3) is 0 Å². The molecule has 0 spiro atoms. The molecule has 1 heterocycles. The Bertz CT molecular complexity index is 539. The maximum absolute atomic E-state index is 12.7.